The molecular formula is C32H25Cl3F3N7O4. The molecule has 1 amide bonds. The van der Waals surface area contributed by atoms with Gasteiger partial charge in [-0.1, -0.05) is 59.4 Å². The van der Waals surface area contributed by atoms with Crippen molar-refractivity contribution in [3.63, 3.8) is 0 Å². The number of nitrogens with zero attached hydrogens (tertiary/aromatic N) is 6. The number of alkyl halides is 3. The number of aliphatic carboxylic acids is 1. The molecule has 17 heteroatoms. The van der Waals surface area contributed by atoms with Crippen LogP contribution in [-0.2, 0) is 9.59 Å². The monoisotopic (exact) mass is 733 g/mol. The van der Waals surface area contributed by atoms with Gasteiger partial charge < -0.3 is 10.4 Å². The highest BCUT2D eigenvalue weighted by Crippen LogP contribution is 2.35. The van der Waals surface area contributed by atoms with E-state index in [0.717, 1.165) is 11.1 Å². The average Bonchev–Trinajstić information content (AvgIpc) is 3.48. The number of aromatic nitrogens is 6. The summed E-state index contributed by atoms with van der Waals surface area (Å²) in [6.07, 6.45) is 1.62. The zero-order chi connectivity index (χ0) is 35.5. The number of hydrogen-bond acceptors (Lipinski definition) is 7. The first kappa shape index (κ1) is 35.5. The molecule has 0 unspecified atom stereocenters. The molecule has 3 aromatic heterocycles. The Labute approximate surface area is 291 Å². The Morgan fingerprint density at radius 1 is 0.959 bits per heavy atom. The van der Waals surface area contributed by atoms with E-state index in [1.807, 2.05) is 25.1 Å². The zero-order valence-electron chi connectivity index (χ0n) is 25.3. The average molecular weight is 735 g/mol. The van der Waals surface area contributed by atoms with Crippen molar-refractivity contribution in [3.05, 3.63) is 105 Å². The highest BCUT2D eigenvalue weighted by Gasteiger charge is 2.38. The van der Waals surface area contributed by atoms with Gasteiger partial charge in [0.25, 0.3) is 5.56 Å². The number of halogens is 6. The molecular weight excluding hydrogens is 710 g/mol. The van der Waals surface area contributed by atoms with Gasteiger partial charge in [0, 0.05) is 39.4 Å². The molecule has 49 heavy (non-hydrogen) atoms. The van der Waals surface area contributed by atoms with Gasteiger partial charge in [-0.3, -0.25) is 19.1 Å². The van der Waals surface area contributed by atoms with Gasteiger partial charge in [0.15, 0.2) is 5.15 Å². The number of nitrogens with one attached hydrogen (secondary N) is 1. The summed E-state index contributed by atoms with van der Waals surface area (Å²) < 4.78 is 34.8. The molecule has 0 radical (unpaired) electrons. The van der Waals surface area contributed by atoms with E-state index in [0.29, 0.717) is 57.6 Å². The second kappa shape index (κ2) is 14.8. The lowest BCUT2D eigenvalue weighted by atomic mass is 9.95. The predicted octanol–water partition coefficient (Wildman–Crippen LogP) is 7.49. The van der Waals surface area contributed by atoms with Crippen LogP contribution in [0.15, 0.2) is 78.1 Å². The third-order valence-corrected chi connectivity index (χ3v) is 8.24. The standard InChI is InChI=1S/C30H24Cl3N7O2.C2HF3O2/c1-17-3-2-4-27(25-11-18(9-10-34-25)21-7-5-20(32)13-24(21)36-30(17)42)39-16-35-23(14-29(39)41)22-12-19(31)6-8-26(22)40-15-28(33)37-38-40;3-2(4,5)1(6)7/h5-17,27H,2-4H2,1H3,(H,36,42);(H,6,7)/t17-,27+;/m1./s1. The van der Waals surface area contributed by atoms with Gasteiger partial charge in [-0.2, -0.15) is 13.2 Å². The van der Waals surface area contributed by atoms with E-state index in [9.17, 15) is 22.8 Å². The summed E-state index contributed by atoms with van der Waals surface area (Å²) in [4.78, 5) is 44.9. The summed E-state index contributed by atoms with van der Waals surface area (Å²) >= 11 is 18.6. The normalized spacial score (nSPS) is 16.3. The van der Waals surface area contributed by atoms with Crippen molar-refractivity contribution in [2.45, 2.75) is 38.4 Å². The molecule has 0 saturated carbocycles. The van der Waals surface area contributed by atoms with Crippen molar-refractivity contribution >= 4 is 52.4 Å². The van der Waals surface area contributed by atoms with Crippen LogP contribution in [-0.4, -0.2) is 52.7 Å². The van der Waals surface area contributed by atoms with Crippen molar-refractivity contribution in [1.29, 1.82) is 0 Å². The quantitative estimate of drug-likeness (QED) is 0.194. The number of pyridine rings is 1. The van der Waals surface area contributed by atoms with Crippen molar-refractivity contribution in [2.24, 2.45) is 5.92 Å². The summed E-state index contributed by atoms with van der Waals surface area (Å²) in [6, 6.07) is 15.5. The van der Waals surface area contributed by atoms with E-state index in [1.165, 1.54) is 17.1 Å². The highest BCUT2D eigenvalue weighted by atomic mass is 35.5. The molecule has 2 bridgehead atoms. The Balaban J connectivity index is 0.000000606. The van der Waals surface area contributed by atoms with E-state index in [4.69, 9.17) is 44.7 Å². The molecule has 11 nitrogen and oxygen atoms in total. The number of amides is 1. The molecule has 0 spiro atoms. The summed E-state index contributed by atoms with van der Waals surface area (Å²) in [5, 5.41) is 19.3. The Morgan fingerprint density at radius 3 is 2.35 bits per heavy atom. The van der Waals surface area contributed by atoms with Crippen LogP contribution < -0.4 is 10.9 Å². The van der Waals surface area contributed by atoms with Crippen molar-refractivity contribution in [1.82, 2.24) is 29.5 Å². The van der Waals surface area contributed by atoms with Gasteiger partial charge in [-0.25, -0.2) is 14.5 Å². The Morgan fingerprint density at radius 2 is 1.67 bits per heavy atom. The molecule has 254 valence electrons. The molecule has 4 heterocycles. The van der Waals surface area contributed by atoms with Gasteiger partial charge in [-0.15, -0.1) is 5.10 Å². The summed E-state index contributed by atoms with van der Waals surface area (Å²) in [5.41, 5.74) is 4.38. The Hall–Kier alpha value is -4.79. The van der Waals surface area contributed by atoms with Gasteiger partial charge in [0.05, 0.1) is 41.3 Å². The second-order valence-corrected chi connectivity index (χ2v) is 12.2. The lowest BCUT2D eigenvalue weighted by Gasteiger charge is -2.23. The fourth-order valence-electron chi connectivity index (χ4n) is 5.17. The van der Waals surface area contributed by atoms with Crippen LogP contribution in [0, 0.1) is 5.92 Å². The van der Waals surface area contributed by atoms with Gasteiger partial charge in [0.2, 0.25) is 5.91 Å². The fraction of sp³-hybridized carbons (Fsp3) is 0.219. The van der Waals surface area contributed by atoms with E-state index in [1.54, 1.807) is 47.3 Å². The molecule has 5 aromatic rings. The molecule has 0 saturated heterocycles. The fourth-order valence-corrected chi connectivity index (χ4v) is 5.64. The highest BCUT2D eigenvalue weighted by molar-refractivity contribution is 6.31. The molecule has 1 aliphatic heterocycles. The Kier molecular flexibility index (Phi) is 10.7. The number of hydrogen-bond donors (Lipinski definition) is 2. The van der Waals surface area contributed by atoms with Gasteiger partial charge in [-0.05, 0) is 60.9 Å². The van der Waals surface area contributed by atoms with E-state index in [-0.39, 0.29) is 22.5 Å². The number of carbonyl (C=O) groups is 2. The number of benzene rings is 2. The van der Waals surface area contributed by atoms with Gasteiger partial charge in [0.1, 0.15) is 0 Å². The maximum absolute atomic E-state index is 13.7. The first-order valence-electron chi connectivity index (χ1n) is 14.5. The Bertz CT molecular complexity index is 2090. The lowest BCUT2D eigenvalue weighted by Crippen LogP contribution is -2.27. The van der Waals surface area contributed by atoms with Crippen LogP contribution in [0.1, 0.15) is 37.9 Å². The number of anilines is 1. The summed E-state index contributed by atoms with van der Waals surface area (Å²) in [7, 11) is 0. The molecule has 6 rings (SSSR count). The van der Waals surface area contributed by atoms with Crippen molar-refractivity contribution in [3.8, 4) is 28.1 Å². The van der Waals surface area contributed by atoms with Crippen LogP contribution >= 0.6 is 34.8 Å². The number of carbonyl (C=O) groups excluding carboxylic acids is 1. The first-order valence-corrected chi connectivity index (χ1v) is 15.7. The van der Waals surface area contributed by atoms with Crippen molar-refractivity contribution in [2.75, 3.05) is 5.32 Å². The first-order chi connectivity index (χ1) is 23.2. The minimum Gasteiger partial charge on any atom is -0.475 e. The summed E-state index contributed by atoms with van der Waals surface area (Å²) in [5.74, 6) is -3.08. The number of carboxylic acids is 1. The number of carboxylic acid groups (broad SMARTS) is 1. The number of rotatable bonds is 3. The van der Waals surface area contributed by atoms with Crippen LogP contribution in [0.5, 0.6) is 0 Å². The number of fused-ring (bicyclic) bond motifs is 4. The van der Waals surface area contributed by atoms with E-state index >= 15 is 0 Å². The molecule has 2 aromatic carbocycles. The second-order valence-electron chi connectivity index (χ2n) is 11.0. The van der Waals surface area contributed by atoms with Gasteiger partial charge >= 0.3 is 12.1 Å². The maximum atomic E-state index is 13.7. The van der Waals surface area contributed by atoms with E-state index in [2.05, 4.69) is 25.6 Å². The van der Waals surface area contributed by atoms with Crippen LogP contribution in [0.3, 0.4) is 0 Å². The SMILES string of the molecule is C[C@@H]1CCC[C@H](n2cnc(-c3cc(Cl)ccc3-n3cc(Cl)nn3)cc2=O)c2cc(ccn2)-c2ccc(Cl)cc2NC1=O.O=C(O)C(F)(F)F. The lowest BCUT2D eigenvalue weighted by molar-refractivity contribution is -0.192. The van der Waals surface area contributed by atoms with Crippen molar-refractivity contribution < 1.29 is 27.9 Å². The minimum atomic E-state index is -5.08. The predicted molar refractivity (Wildman–Crippen MR) is 177 cm³/mol. The third-order valence-electron chi connectivity index (χ3n) is 7.60. The molecule has 2 N–H and O–H groups in total. The maximum Gasteiger partial charge on any atom is 0.490 e. The zero-order valence-corrected chi connectivity index (χ0v) is 27.6. The van der Waals surface area contributed by atoms with Crippen LogP contribution in [0.25, 0.3) is 28.1 Å². The third kappa shape index (κ3) is 8.45. The smallest absolute Gasteiger partial charge is 0.475 e. The topological polar surface area (TPSA) is 145 Å². The van der Waals surface area contributed by atoms with Crippen LogP contribution in [0.4, 0.5) is 18.9 Å². The molecule has 0 fully saturated rings. The summed E-state index contributed by atoms with van der Waals surface area (Å²) in [6.45, 7) is 1.89. The van der Waals surface area contributed by atoms with E-state index < -0.39 is 18.2 Å². The molecule has 1 aliphatic rings. The molecule has 0 aliphatic carbocycles. The minimum absolute atomic E-state index is 0.0842. The molecule has 2 atom stereocenters. The largest absolute Gasteiger partial charge is 0.490 e. The van der Waals surface area contributed by atoms with Crippen LogP contribution in [0.2, 0.25) is 15.2 Å².